The SMILES string of the molecule is CCCCCNC(=O)c1cncc(N(C)CCCC)c1. The second-order valence-corrected chi connectivity index (χ2v) is 5.17. The molecule has 0 aliphatic carbocycles. The highest BCUT2D eigenvalue weighted by Gasteiger charge is 2.08. The van der Waals surface area contributed by atoms with Crippen LogP contribution in [0, 0.1) is 0 Å². The number of nitrogens with zero attached hydrogens (tertiary/aromatic N) is 2. The molecule has 1 heterocycles. The first-order chi connectivity index (χ1) is 9.69. The maximum Gasteiger partial charge on any atom is 0.252 e. The summed E-state index contributed by atoms with van der Waals surface area (Å²) in [6.07, 6.45) is 9.09. The van der Waals surface area contributed by atoms with E-state index in [2.05, 4.69) is 29.0 Å². The summed E-state index contributed by atoms with van der Waals surface area (Å²) >= 11 is 0. The lowest BCUT2D eigenvalue weighted by molar-refractivity contribution is 0.0952. The van der Waals surface area contributed by atoms with Gasteiger partial charge in [-0.3, -0.25) is 9.78 Å². The van der Waals surface area contributed by atoms with Crippen LogP contribution in [0.5, 0.6) is 0 Å². The number of carbonyl (C=O) groups excluding carboxylic acids is 1. The summed E-state index contributed by atoms with van der Waals surface area (Å²) in [5.41, 5.74) is 1.64. The third-order valence-corrected chi connectivity index (χ3v) is 3.34. The molecule has 1 aromatic heterocycles. The first kappa shape index (κ1) is 16.5. The van der Waals surface area contributed by atoms with E-state index in [1.807, 2.05) is 19.3 Å². The number of nitrogens with one attached hydrogen (secondary N) is 1. The molecule has 0 bridgehead atoms. The number of pyridine rings is 1. The van der Waals surface area contributed by atoms with Crippen LogP contribution < -0.4 is 10.2 Å². The molecule has 1 N–H and O–H groups in total. The molecule has 0 aliphatic rings. The van der Waals surface area contributed by atoms with Gasteiger partial charge in [-0.15, -0.1) is 0 Å². The highest BCUT2D eigenvalue weighted by Crippen LogP contribution is 2.13. The minimum Gasteiger partial charge on any atom is -0.373 e. The number of unbranched alkanes of at least 4 members (excludes halogenated alkanes) is 3. The van der Waals surface area contributed by atoms with Gasteiger partial charge in [0.05, 0.1) is 17.4 Å². The maximum atomic E-state index is 12.0. The van der Waals surface area contributed by atoms with Crippen molar-refractivity contribution in [3.63, 3.8) is 0 Å². The lowest BCUT2D eigenvalue weighted by atomic mass is 10.2. The van der Waals surface area contributed by atoms with Crippen LogP contribution in [0.2, 0.25) is 0 Å². The molecular weight excluding hydrogens is 250 g/mol. The standard InChI is InChI=1S/C16H27N3O/c1-4-6-8-9-18-16(20)14-11-15(13-17-12-14)19(3)10-7-5-2/h11-13H,4-10H2,1-3H3,(H,18,20). The normalized spacial score (nSPS) is 10.3. The Kier molecular flexibility index (Phi) is 7.70. The molecule has 1 amide bonds. The second kappa shape index (κ2) is 9.34. The Hall–Kier alpha value is -1.58. The van der Waals surface area contributed by atoms with Crippen LogP contribution in [-0.2, 0) is 0 Å². The van der Waals surface area contributed by atoms with Crippen LogP contribution in [-0.4, -0.2) is 31.0 Å². The quantitative estimate of drug-likeness (QED) is 0.705. The number of carbonyl (C=O) groups is 1. The van der Waals surface area contributed by atoms with Gasteiger partial charge in [0.2, 0.25) is 0 Å². The smallest absolute Gasteiger partial charge is 0.252 e. The predicted octanol–water partition coefficient (Wildman–Crippen LogP) is 3.24. The van der Waals surface area contributed by atoms with E-state index in [0.717, 1.165) is 50.9 Å². The Morgan fingerprint density at radius 2 is 1.95 bits per heavy atom. The van der Waals surface area contributed by atoms with E-state index in [1.165, 1.54) is 0 Å². The van der Waals surface area contributed by atoms with Gasteiger partial charge in [-0.25, -0.2) is 0 Å². The maximum absolute atomic E-state index is 12.0. The Bertz CT molecular complexity index is 406. The Morgan fingerprint density at radius 1 is 1.20 bits per heavy atom. The van der Waals surface area contributed by atoms with E-state index < -0.39 is 0 Å². The molecule has 0 radical (unpaired) electrons. The second-order valence-electron chi connectivity index (χ2n) is 5.17. The molecule has 0 saturated carbocycles. The summed E-state index contributed by atoms with van der Waals surface area (Å²) < 4.78 is 0. The molecule has 0 aromatic carbocycles. The Morgan fingerprint density at radius 3 is 2.65 bits per heavy atom. The van der Waals surface area contributed by atoms with E-state index in [1.54, 1.807) is 6.20 Å². The molecule has 0 aliphatic heterocycles. The van der Waals surface area contributed by atoms with E-state index in [4.69, 9.17) is 0 Å². The van der Waals surface area contributed by atoms with E-state index in [9.17, 15) is 4.79 Å². The number of amides is 1. The van der Waals surface area contributed by atoms with Crippen molar-refractivity contribution in [2.24, 2.45) is 0 Å². The van der Waals surface area contributed by atoms with Crippen LogP contribution in [0.25, 0.3) is 0 Å². The lowest BCUT2D eigenvalue weighted by Gasteiger charge is -2.19. The lowest BCUT2D eigenvalue weighted by Crippen LogP contribution is -2.25. The fourth-order valence-corrected chi connectivity index (χ4v) is 1.96. The predicted molar refractivity (Wildman–Crippen MR) is 84.3 cm³/mol. The number of rotatable bonds is 9. The summed E-state index contributed by atoms with van der Waals surface area (Å²) in [6.45, 7) is 6.05. The zero-order chi connectivity index (χ0) is 14.8. The summed E-state index contributed by atoms with van der Waals surface area (Å²) in [6, 6.07) is 1.91. The van der Waals surface area contributed by atoms with Gasteiger partial charge >= 0.3 is 0 Å². The number of aromatic nitrogens is 1. The third kappa shape index (κ3) is 5.59. The molecule has 0 saturated heterocycles. The van der Waals surface area contributed by atoms with Gasteiger partial charge in [0.15, 0.2) is 0 Å². The van der Waals surface area contributed by atoms with Crippen molar-refractivity contribution in [3.05, 3.63) is 24.0 Å². The van der Waals surface area contributed by atoms with Crippen molar-refractivity contribution >= 4 is 11.6 Å². The third-order valence-electron chi connectivity index (χ3n) is 3.34. The molecule has 1 aromatic rings. The van der Waals surface area contributed by atoms with Gasteiger partial charge < -0.3 is 10.2 Å². The van der Waals surface area contributed by atoms with Crippen LogP contribution in [0.4, 0.5) is 5.69 Å². The molecule has 0 atom stereocenters. The summed E-state index contributed by atoms with van der Waals surface area (Å²) in [5, 5.41) is 2.95. The zero-order valence-corrected chi connectivity index (χ0v) is 13.0. The molecule has 4 nitrogen and oxygen atoms in total. The monoisotopic (exact) mass is 277 g/mol. The van der Waals surface area contributed by atoms with Gasteiger partial charge in [0.1, 0.15) is 0 Å². The Balaban J connectivity index is 2.55. The van der Waals surface area contributed by atoms with Crippen LogP contribution in [0.15, 0.2) is 18.5 Å². The first-order valence-corrected chi connectivity index (χ1v) is 7.63. The molecule has 20 heavy (non-hydrogen) atoms. The van der Waals surface area contributed by atoms with Crippen LogP contribution in [0.3, 0.4) is 0 Å². The summed E-state index contributed by atoms with van der Waals surface area (Å²) in [5.74, 6) is -0.0284. The van der Waals surface area contributed by atoms with E-state index in [0.29, 0.717) is 5.56 Å². The summed E-state index contributed by atoms with van der Waals surface area (Å²) in [4.78, 5) is 18.3. The van der Waals surface area contributed by atoms with Gasteiger partial charge in [-0.2, -0.15) is 0 Å². The minimum absolute atomic E-state index is 0.0284. The average Bonchev–Trinajstić information content (AvgIpc) is 2.49. The van der Waals surface area contributed by atoms with Gasteiger partial charge in [0, 0.05) is 26.3 Å². The van der Waals surface area contributed by atoms with Crippen molar-refractivity contribution in [2.45, 2.75) is 46.0 Å². The average molecular weight is 277 g/mol. The molecule has 0 unspecified atom stereocenters. The zero-order valence-electron chi connectivity index (χ0n) is 13.0. The van der Waals surface area contributed by atoms with E-state index in [-0.39, 0.29) is 5.91 Å². The van der Waals surface area contributed by atoms with Crippen molar-refractivity contribution in [3.8, 4) is 0 Å². The van der Waals surface area contributed by atoms with Gasteiger partial charge in [-0.1, -0.05) is 33.1 Å². The van der Waals surface area contributed by atoms with Gasteiger partial charge in [-0.05, 0) is 18.9 Å². The minimum atomic E-state index is -0.0284. The highest BCUT2D eigenvalue weighted by molar-refractivity contribution is 5.94. The fraction of sp³-hybridized carbons (Fsp3) is 0.625. The van der Waals surface area contributed by atoms with Crippen molar-refractivity contribution in [2.75, 3.05) is 25.0 Å². The topological polar surface area (TPSA) is 45.2 Å². The van der Waals surface area contributed by atoms with Gasteiger partial charge in [0.25, 0.3) is 5.91 Å². The molecule has 112 valence electrons. The van der Waals surface area contributed by atoms with Crippen molar-refractivity contribution in [1.82, 2.24) is 10.3 Å². The number of hydrogen-bond acceptors (Lipinski definition) is 3. The molecule has 0 fully saturated rings. The number of hydrogen-bond donors (Lipinski definition) is 1. The van der Waals surface area contributed by atoms with Crippen LogP contribution >= 0.6 is 0 Å². The van der Waals surface area contributed by atoms with Crippen molar-refractivity contribution in [1.29, 1.82) is 0 Å². The first-order valence-electron chi connectivity index (χ1n) is 7.63. The molecular formula is C16H27N3O. The largest absolute Gasteiger partial charge is 0.373 e. The molecule has 4 heteroatoms. The highest BCUT2D eigenvalue weighted by atomic mass is 16.1. The Labute approximate surface area is 122 Å². The molecule has 0 spiro atoms. The molecule has 1 rings (SSSR count). The van der Waals surface area contributed by atoms with E-state index >= 15 is 0 Å². The number of anilines is 1. The fourth-order valence-electron chi connectivity index (χ4n) is 1.96. The van der Waals surface area contributed by atoms with Crippen LogP contribution in [0.1, 0.15) is 56.3 Å². The van der Waals surface area contributed by atoms with Crippen molar-refractivity contribution < 1.29 is 4.79 Å². The summed E-state index contributed by atoms with van der Waals surface area (Å²) in [7, 11) is 2.04.